The summed E-state index contributed by atoms with van der Waals surface area (Å²) in [6.45, 7) is 1.90. The van der Waals surface area contributed by atoms with Crippen LogP contribution in [0.2, 0.25) is 0 Å². The van der Waals surface area contributed by atoms with Crippen molar-refractivity contribution >= 4 is 17.8 Å². The van der Waals surface area contributed by atoms with Gasteiger partial charge in [0.2, 0.25) is 0 Å². The normalized spacial score (nSPS) is 19.4. The molecule has 2 amide bonds. The monoisotopic (exact) mass is 302 g/mol. The van der Waals surface area contributed by atoms with Gasteiger partial charge in [-0.2, -0.15) is 0 Å². The number of likely N-dealkylation sites (tertiary alicyclic amines) is 1. The molecule has 3 rings (SSSR count). The van der Waals surface area contributed by atoms with Crippen LogP contribution >= 0.6 is 0 Å². The van der Waals surface area contributed by atoms with E-state index in [0.29, 0.717) is 5.06 Å². The van der Waals surface area contributed by atoms with Gasteiger partial charge >= 0.3 is 5.97 Å². The fourth-order valence-electron chi connectivity index (χ4n) is 2.89. The van der Waals surface area contributed by atoms with Gasteiger partial charge in [-0.1, -0.05) is 17.2 Å². The number of imide groups is 1. The average molecular weight is 302 g/mol. The maximum absolute atomic E-state index is 12.1. The second-order valence-electron chi connectivity index (χ2n) is 5.86. The summed E-state index contributed by atoms with van der Waals surface area (Å²) < 4.78 is 0. The SMILES string of the molecule is CN1CCC(CC(=O)ON2C(=O)c3ccccc3C2=O)CC1. The van der Waals surface area contributed by atoms with E-state index in [4.69, 9.17) is 4.84 Å². The summed E-state index contributed by atoms with van der Waals surface area (Å²) in [5, 5.41) is 0.585. The summed E-state index contributed by atoms with van der Waals surface area (Å²) in [5.74, 6) is -1.42. The van der Waals surface area contributed by atoms with Crippen LogP contribution in [0.5, 0.6) is 0 Å². The Morgan fingerprint density at radius 3 is 2.23 bits per heavy atom. The number of carbonyl (C=O) groups excluding carboxylic acids is 3. The maximum Gasteiger partial charge on any atom is 0.333 e. The van der Waals surface area contributed by atoms with Crippen LogP contribution in [-0.4, -0.2) is 47.9 Å². The molecule has 0 unspecified atom stereocenters. The fourth-order valence-corrected chi connectivity index (χ4v) is 2.89. The molecular formula is C16H18N2O4. The molecule has 2 aliphatic heterocycles. The first-order valence-corrected chi connectivity index (χ1v) is 7.43. The number of fused-ring (bicyclic) bond motifs is 1. The van der Waals surface area contributed by atoms with Gasteiger partial charge < -0.3 is 9.74 Å². The molecule has 0 aromatic heterocycles. The third-order valence-electron chi connectivity index (χ3n) is 4.24. The van der Waals surface area contributed by atoms with Gasteiger partial charge in [-0.25, -0.2) is 4.79 Å². The van der Waals surface area contributed by atoms with Gasteiger partial charge in [-0.05, 0) is 51.0 Å². The molecule has 0 atom stereocenters. The third kappa shape index (κ3) is 2.74. The number of benzene rings is 1. The number of hydrogen-bond donors (Lipinski definition) is 0. The first kappa shape index (κ1) is 14.7. The van der Waals surface area contributed by atoms with Crippen molar-refractivity contribution < 1.29 is 19.2 Å². The highest BCUT2D eigenvalue weighted by Gasteiger charge is 2.38. The van der Waals surface area contributed by atoms with Crippen molar-refractivity contribution in [2.45, 2.75) is 19.3 Å². The third-order valence-corrected chi connectivity index (χ3v) is 4.24. The van der Waals surface area contributed by atoms with Gasteiger partial charge in [0.25, 0.3) is 11.8 Å². The predicted octanol–water partition coefficient (Wildman–Crippen LogP) is 1.47. The molecule has 2 aliphatic rings. The lowest BCUT2D eigenvalue weighted by molar-refractivity contribution is -0.170. The Kier molecular flexibility index (Phi) is 3.94. The number of amides is 2. The molecule has 22 heavy (non-hydrogen) atoms. The van der Waals surface area contributed by atoms with Gasteiger partial charge in [0.05, 0.1) is 17.5 Å². The molecule has 0 bridgehead atoms. The predicted molar refractivity (Wildman–Crippen MR) is 77.9 cm³/mol. The highest BCUT2D eigenvalue weighted by molar-refractivity contribution is 6.20. The smallest absolute Gasteiger partial charge is 0.330 e. The van der Waals surface area contributed by atoms with E-state index in [1.807, 2.05) is 7.05 Å². The zero-order chi connectivity index (χ0) is 15.7. The topological polar surface area (TPSA) is 66.9 Å². The van der Waals surface area contributed by atoms with E-state index >= 15 is 0 Å². The maximum atomic E-state index is 12.1. The minimum atomic E-state index is -0.572. The lowest BCUT2D eigenvalue weighted by Gasteiger charge is -2.28. The zero-order valence-corrected chi connectivity index (χ0v) is 12.4. The van der Waals surface area contributed by atoms with Gasteiger partial charge in [0.15, 0.2) is 0 Å². The molecule has 0 saturated carbocycles. The number of nitrogens with zero attached hydrogens (tertiary/aromatic N) is 2. The van der Waals surface area contributed by atoms with Crippen molar-refractivity contribution in [3.8, 4) is 0 Å². The Hall–Kier alpha value is -2.21. The second kappa shape index (κ2) is 5.88. The van der Waals surface area contributed by atoms with Crippen molar-refractivity contribution in [3.05, 3.63) is 35.4 Å². The Balaban J connectivity index is 1.61. The van der Waals surface area contributed by atoms with E-state index in [0.717, 1.165) is 25.9 Å². The summed E-state index contributed by atoms with van der Waals surface area (Å²) in [6.07, 6.45) is 2.09. The standard InChI is InChI=1S/C16H18N2O4/c1-17-8-6-11(7-9-17)10-14(19)22-18-15(20)12-4-2-3-5-13(12)16(18)21/h2-5,11H,6-10H2,1H3. The quantitative estimate of drug-likeness (QED) is 0.791. The number of piperidine rings is 1. The van der Waals surface area contributed by atoms with E-state index in [-0.39, 0.29) is 23.5 Å². The lowest BCUT2D eigenvalue weighted by atomic mass is 9.94. The van der Waals surface area contributed by atoms with Crippen LogP contribution in [0.4, 0.5) is 0 Å². The fraction of sp³-hybridized carbons (Fsp3) is 0.438. The molecule has 0 radical (unpaired) electrons. The first-order chi connectivity index (χ1) is 10.6. The van der Waals surface area contributed by atoms with Crippen LogP contribution in [0.3, 0.4) is 0 Å². The van der Waals surface area contributed by atoms with Crippen LogP contribution in [-0.2, 0) is 9.63 Å². The van der Waals surface area contributed by atoms with E-state index < -0.39 is 17.8 Å². The molecule has 0 aliphatic carbocycles. The number of rotatable bonds is 3. The van der Waals surface area contributed by atoms with E-state index in [1.165, 1.54) is 0 Å². The Labute approximate surface area is 128 Å². The van der Waals surface area contributed by atoms with E-state index in [2.05, 4.69) is 4.90 Å². The van der Waals surface area contributed by atoms with Crippen LogP contribution in [0, 0.1) is 5.92 Å². The Morgan fingerprint density at radius 1 is 1.14 bits per heavy atom. The summed E-state index contributed by atoms with van der Waals surface area (Å²) in [7, 11) is 2.05. The minimum Gasteiger partial charge on any atom is -0.330 e. The molecule has 116 valence electrons. The number of hydrogen-bond acceptors (Lipinski definition) is 5. The molecule has 6 nitrogen and oxygen atoms in total. The van der Waals surface area contributed by atoms with Crippen molar-refractivity contribution in [2.75, 3.05) is 20.1 Å². The summed E-state index contributed by atoms with van der Waals surface area (Å²) >= 11 is 0. The zero-order valence-electron chi connectivity index (χ0n) is 12.4. The molecule has 1 aromatic rings. The molecule has 1 aromatic carbocycles. The highest BCUT2D eigenvalue weighted by Crippen LogP contribution is 2.24. The van der Waals surface area contributed by atoms with Crippen LogP contribution in [0.1, 0.15) is 40.0 Å². The van der Waals surface area contributed by atoms with Gasteiger partial charge in [0.1, 0.15) is 0 Å². The van der Waals surface area contributed by atoms with Crippen molar-refractivity contribution in [1.29, 1.82) is 0 Å². The second-order valence-corrected chi connectivity index (χ2v) is 5.86. The van der Waals surface area contributed by atoms with Gasteiger partial charge in [0, 0.05) is 0 Å². The molecule has 6 heteroatoms. The molecule has 2 heterocycles. The van der Waals surface area contributed by atoms with E-state index in [9.17, 15) is 14.4 Å². The summed E-state index contributed by atoms with van der Waals surface area (Å²) in [4.78, 5) is 43.5. The largest absolute Gasteiger partial charge is 0.333 e. The Morgan fingerprint density at radius 2 is 1.68 bits per heavy atom. The lowest BCUT2D eigenvalue weighted by Crippen LogP contribution is -2.35. The molecule has 0 spiro atoms. The number of hydroxylamine groups is 2. The molecule has 1 fully saturated rings. The molecule has 0 N–H and O–H groups in total. The van der Waals surface area contributed by atoms with Crippen molar-refractivity contribution in [3.63, 3.8) is 0 Å². The highest BCUT2D eigenvalue weighted by atomic mass is 16.7. The van der Waals surface area contributed by atoms with Gasteiger partial charge in [-0.3, -0.25) is 9.59 Å². The molecule has 1 saturated heterocycles. The molecular weight excluding hydrogens is 284 g/mol. The van der Waals surface area contributed by atoms with Gasteiger partial charge in [-0.15, -0.1) is 0 Å². The summed E-state index contributed by atoms with van der Waals surface area (Å²) in [6, 6.07) is 6.46. The van der Waals surface area contributed by atoms with Crippen molar-refractivity contribution in [2.24, 2.45) is 5.92 Å². The Bertz CT molecular complexity index is 585. The summed E-state index contributed by atoms with van der Waals surface area (Å²) in [5.41, 5.74) is 0.555. The van der Waals surface area contributed by atoms with Crippen LogP contribution in [0.25, 0.3) is 0 Å². The van der Waals surface area contributed by atoms with Crippen LogP contribution in [0.15, 0.2) is 24.3 Å². The minimum absolute atomic E-state index is 0.237. The van der Waals surface area contributed by atoms with Crippen molar-refractivity contribution in [1.82, 2.24) is 9.96 Å². The number of carbonyl (C=O) groups is 3. The van der Waals surface area contributed by atoms with E-state index in [1.54, 1.807) is 24.3 Å². The van der Waals surface area contributed by atoms with Crippen LogP contribution < -0.4 is 0 Å². The first-order valence-electron chi connectivity index (χ1n) is 7.43. The average Bonchev–Trinajstić information content (AvgIpc) is 2.75.